The predicted molar refractivity (Wildman–Crippen MR) is 70.9 cm³/mol. The molecule has 2 heterocycles. The Bertz CT molecular complexity index is 612. The predicted octanol–water partition coefficient (Wildman–Crippen LogP) is 1.34. The Morgan fingerprint density at radius 3 is 2.89 bits per heavy atom. The normalized spacial score (nSPS) is 10.3. The number of anilines is 1. The quantitative estimate of drug-likeness (QED) is 0.893. The number of nitrogens with two attached hydrogens (primary N) is 1. The molecule has 0 aliphatic heterocycles. The van der Waals surface area contributed by atoms with Crippen molar-refractivity contribution >= 4 is 27.8 Å². The molecule has 0 bridgehead atoms. The van der Waals surface area contributed by atoms with Crippen molar-refractivity contribution < 1.29 is 9.53 Å². The number of ether oxygens (including phenoxy) is 1. The number of hydrogen-bond donors (Lipinski definition) is 1. The van der Waals surface area contributed by atoms with E-state index < -0.39 is 0 Å². The minimum atomic E-state index is -0.289. The minimum absolute atomic E-state index is 0.145. The number of carbonyl (C=O) groups excluding carboxylic acids is 1. The molecular weight excluding hydrogens is 316 g/mol. The van der Waals surface area contributed by atoms with Crippen LogP contribution >= 0.6 is 15.9 Å². The van der Waals surface area contributed by atoms with Crippen molar-refractivity contribution in [2.45, 2.75) is 0 Å². The molecule has 0 saturated heterocycles. The molecule has 8 nitrogen and oxygen atoms in total. The molecular formula is C10H11BrN6O2. The lowest BCUT2D eigenvalue weighted by Gasteiger charge is -2.08. The van der Waals surface area contributed by atoms with Crippen LogP contribution in [-0.4, -0.2) is 44.8 Å². The first kappa shape index (κ1) is 13.3. The van der Waals surface area contributed by atoms with Gasteiger partial charge in [-0.15, -0.1) is 0 Å². The molecule has 0 atom stereocenters. The van der Waals surface area contributed by atoms with Crippen molar-refractivity contribution in [1.29, 1.82) is 0 Å². The standard InChI is InChI=1S/C10H11BrN6O2/c1-16(2)10(18)17-5-6(3-14-17)19-9-8(12)13-4-7(11)15-9/h3-5H,1-2H3,(H2,12,13). The van der Waals surface area contributed by atoms with Gasteiger partial charge in [-0.25, -0.2) is 14.8 Å². The van der Waals surface area contributed by atoms with Crippen LogP contribution in [0.2, 0.25) is 0 Å². The van der Waals surface area contributed by atoms with Gasteiger partial charge < -0.3 is 15.4 Å². The Morgan fingerprint density at radius 1 is 1.47 bits per heavy atom. The largest absolute Gasteiger partial charge is 0.433 e. The van der Waals surface area contributed by atoms with Crippen molar-refractivity contribution in [1.82, 2.24) is 24.6 Å². The van der Waals surface area contributed by atoms with Crippen LogP contribution in [-0.2, 0) is 0 Å². The number of hydrogen-bond acceptors (Lipinski definition) is 6. The molecule has 0 aliphatic carbocycles. The van der Waals surface area contributed by atoms with E-state index in [1.54, 1.807) is 14.1 Å². The van der Waals surface area contributed by atoms with Gasteiger partial charge in [0, 0.05) is 14.1 Å². The van der Waals surface area contributed by atoms with Crippen LogP contribution in [0.25, 0.3) is 0 Å². The number of halogens is 1. The molecule has 0 saturated carbocycles. The molecule has 0 spiro atoms. The molecule has 0 aliphatic rings. The van der Waals surface area contributed by atoms with Crippen LogP contribution in [0.5, 0.6) is 11.6 Å². The Kier molecular flexibility index (Phi) is 3.65. The minimum Gasteiger partial charge on any atom is -0.433 e. The summed E-state index contributed by atoms with van der Waals surface area (Å²) in [6, 6.07) is -0.289. The van der Waals surface area contributed by atoms with E-state index in [0.29, 0.717) is 10.4 Å². The second kappa shape index (κ2) is 5.22. The number of rotatable bonds is 2. The van der Waals surface area contributed by atoms with Crippen LogP contribution in [0.4, 0.5) is 10.6 Å². The highest BCUT2D eigenvalue weighted by molar-refractivity contribution is 9.10. The lowest BCUT2D eigenvalue weighted by atomic mass is 10.6. The van der Waals surface area contributed by atoms with Crippen LogP contribution in [0, 0.1) is 0 Å². The highest BCUT2D eigenvalue weighted by atomic mass is 79.9. The Balaban J connectivity index is 2.20. The maximum absolute atomic E-state index is 11.6. The van der Waals surface area contributed by atoms with Gasteiger partial charge in [0.05, 0.1) is 18.6 Å². The smallest absolute Gasteiger partial charge is 0.344 e. The van der Waals surface area contributed by atoms with Gasteiger partial charge in [-0.2, -0.15) is 9.78 Å². The van der Waals surface area contributed by atoms with Crippen molar-refractivity contribution in [2.24, 2.45) is 0 Å². The van der Waals surface area contributed by atoms with E-state index in [1.807, 2.05) is 0 Å². The fraction of sp³-hybridized carbons (Fsp3) is 0.200. The van der Waals surface area contributed by atoms with Crippen molar-refractivity contribution in [3.63, 3.8) is 0 Å². The summed E-state index contributed by atoms with van der Waals surface area (Å²) in [5.74, 6) is 0.635. The van der Waals surface area contributed by atoms with Crippen molar-refractivity contribution in [2.75, 3.05) is 19.8 Å². The molecule has 0 unspecified atom stereocenters. The molecule has 0 aromatic carbocycles. The van der Waals surface area contributed by atoms with E-state index in [-0.39, 0.29) is 17.7 Å². The summed E-state index contributed by atoms with van der Waals surface area (Å²) in [6.45, 7) is 0. The second-order valence-corrected chi connectivity index (χ2v) is 4.60. The lowest BCUT2D eigenvalue weighted by molar-refractivity contribution is 0.216. The third-order valence-electron chi connectivity index (χ3n) is 2.09. The molecule has 2 aromatic heterocycles. The first-order valence-corrected chi connectivity index (χ1v) is 5.99. The highest BCUT2D eigenvalue weighted by Gasteiger charge is 2.12. The van der Waals surface area contributed by atoms with Gasteiger partial charge in [0.1, 0.15) is 4.60 Å². The van der Waals surface area contributed by atoms with Gasteiger partial charge in [0.25, 0.3) is 5.88 Å². The number of nitrogens with zero attached hydrogens (tertiary/aromatic N) is 5. The van der Waals surface area contributed by atoms with Gasteiger partial charge in [0.2, 0.25) is 0 Å². The number of nitrogen functional groups attached to an aromatic ring is 1. The van der Waals surface area contributed by atoms with E-state index in [9.17, 15) is 4.79 Å². The summed E-state index contributed by atoms with van der Waals surface area (Å²) < 4.78 is 7.06. The topological polar surface area (TPSA) is 99.2 Å². The van der Waals surface area contributed by atoms with Crippen molar-refractivity contribution in [3.05, 3.63) is 23.2 Å². The molecule has 19 heavy (non-hydrogen) atoms. The summed E-state index contributed by atoms with van der Waals surface area (Å²) in [5, 5.41) is 3.89. The number of amides is 1. The monoisotopic (exact) mass is 326 g/mol. The molecule has 1 amide bonds. The summed E-state index contributed by atoms with van der Waals surface area (Å²) in [4.78, 5) is 21.0. The molecule has 2 N–H and O–H groups in total. The first-order chi connectivity index (χ1) is 8.97. The van der Waals surface area contributed by atoms with Crippen LogP contribution in [0.15, 0.2) is 23.2 Å². The average Bonchev–Trinajstić information content (AvgIpc) is 2.81. The maximum atomic E-state index is 11.6. The lowest BCUT2D eigenvalue weighted by Crippen LogP contribution is -2.27. The van der Waals surface area contributed by atoms with E-state index >= 15 is 0 Å². The van der Waals surface area contributed by atoms with E-state index in [0.717, 1.165) is 4.68 Å². The summed E-state index contributed by atoms with van der Waals surface area (Å²) in [7, 11) is 3.25. The van der Waals surface area contributed by atoms with E-state index in [2.05, 4.69) is 31.0 Å². The third kappa shape index (κ3) is 2.99. The molecule has 2 aromatic rings. The fourth-order valence-electron chi connectivity index (χ4n) is 1.22. The second-order valence-electron chi connectivity index (χ2n) is 3.78. The average molecular weight is 327 g/mol. The summed E-state index contributed by atoms with van der Waals surface area (Å²) in [5.41, 5.74) is 5.63. The SMILES string of the molecule is CN(C)C(=O)n1cc(Oc2nc(Br)cnc2N)cn1. The van der Waals surface area contributed by atoms with Gasteiger partial charge in [-0.05, 0) is 15.9 Å². The van der Waals surface area contributed by atoms with Gasteiger partial charge in [-0.3, -0.25) is 0 Å². The third-order valence-corrected chi connectivity index (χ3v) is 2.47. The summed E-state index contributed by atoms with van der Waals surface area (Å²) >= 11 is 3.17. The molecule has 2 rings (SSSR count). The van der Waals surface area contributed by atoms with Crippen LogP contribution in [0.1, 0.15) is 0 Å². The van der Waals surface area contributed by atoms with E-state index in [1.165, 1.54) is 23.5 Å². The number of aromatic nitrogens is 4. The fourth-order valence-corrected chi connectivity index (χ4v) is 1.48. The zero-order chi connectivity index (χ0) is 14.0. The van der Waals surface area contributed by atoms with Crippen LogP contribution in [0.3, 0.4) is 0 Å². The van der Waals surface area contributed by atoms with Gasteiger partial charge >= 0.3 is 6.03 Å². The zero-order valence-corrected chi connectivity index (χ0v) is 11.8. The Hall–Kier alpha value is -2.16. The molecule has 100 valence electrons. The Morgan fingerprint density at radius 2 is 2.21 bits per heavy atom. The highest BCUT2D eigenvalue weighted by Crippen LogP contribution is 2.24. The van der Waals surface area contributed by atoms with Gasteiger partial charge in [-0.1, -0.05) is 0 Å². The van der Waals surface area contributed by atoms with Gasteiger partial charge in [0.15, 0.2) is 11.6 Å². The zero-order valence-electron chi connectivity index (χ0n) is 10.2. The molecule has 0 radical (unpaired) electrons. The molecule has 0 fully saturated rings. The molecule has 9 heteroatoms. The number of carbonyl (C=O) groups is 1. The van der Waals surface area contributed by atoms with Crippen molar-refractivity contribution in [3.8, 4) is 11.6 Å². The maximum Gasteiger partial charge on any atom is 0.344 e. The summed E-state index contributed by atoms with van der Waals surface area (Å²) in [6.07, 6.45) is 4.29. The van der Waals surface area contributed by atoms with Crippen LogP contribution < -0.4 is 10.5 Å². The van der Waals surface area contributed by atoms with E-state index in [4.69, 9.17) is 10.5 Å². The Labute approximate surface area is 117 Å². The first-order valence-electron chi connectivity index (χ1n) is 5.19.